The van der Waals surface area contributed by atoms with Crippen LogP contribution >= 0.6 is 0 Å². The highest BCUT2D eigenvalue weighted by molar-refractivity contribution is 4.66. The minimum Gasteiger partial charge on any atom is -0.379 e. The van der Waals surface area contributed by atoms with E-state index >= 15 is 0 Å². The molecule has 1 aliphatic rings. The molecule has 0 saturated carbocycles. The van der Waals surface area contributed by atoms with Crippen molar-refractivity contribution in [2.45, 2.75) is 19.1 Å². The van der Waals surface area contributed by atoms with E-state index < -0.39 is 0 Å². The Bertz CT molecular complexity index is 126. The quantitative estimate of drug-likeness (QED) is 0.662. The molecule has 1 rings (SSSR count). The van der Waals surface area contributed by atoms with Gasteiger partial charge in [0.2, 0.25) is 0 Å². The molecule has 0 aliphatic carbocycles. The van der Waals surface area contributed by atoms with E-state index in [0.29, 0.717) is 13.2 Å². The van der Waals surface area contributed by atoms with E-state index in [1.54, 1.807) is 7.11 Å². The second-order valence-electron chi connectivity index (χ2n) is 3.28. The molecular weight excluding hydrogens is 170 g/mol. The van der Waals surface area contributed by atoms with Crippen molar-refractivity contribution >= 4 is 0 Å². The molecule has 0 spiro atoms. The Morgan fingerprint density at radius 2 is 2.46 bits per heavy atom. The van der Waals surface area contributed by atoms with Crippen molar-refractivity contribution in [3.05, 3.63) is 0 Å². The molecule has 4 nitrogen and oxygen atoms in total. The molecule has 0 aromatic carbocycles. The topological polar surface area (TPSA) is 39.7 Å². The third-order valence-electron chi connectivity index (χ3n) is 2.06. The fourth-order valence-electron chi connectivity index (χ4n) is 1.16. The van der Waals surface area contributed by atoms with Crippen molar-refractivity contribution in [3.63, 3.8) is 0 Å². The smallest absolute Gasteiger partial charge is 0.0933 e. The standard InChI is InChI=1S/C9H19NO3/c1-8(11-2)6-12-7-9-5-10-3-4-13-9/h8-10H,3-7H2,1-2H3. The van der Waals surface area contributed by atoms with Gasteiger partial charge in [0.05, 0.1) is 32.0 Å². The molecule has 0 aromatic heterocycles. The maximum Gasteiger partial charge on any atom is 0.0933 e. The maximum absolute atomic E-state index is 5.47. The molecule has 0 aromatic rings. The summed E-state index contributed by atoms with van der Waals surface area (Å²) in [5, 5.41) is 3.25. The van der Waals surface area contributed by atoms with Crippen molar-refractivity contribution in [2.24, 2.45) is 0 Å². The second-order valence-corrected chi connectivity index (χ2v) is 3.28. The zero-order chi connectivity index (χ0) is 9.52. The van der Waals surface area contributed by atoms with Crippen molar-refractivity contribution < 1.29 is 14.2 Å². The summed E-state index contributed by atoms with van der Waals surface area (Å²) in [6.07, 6.45) is 0.370. The number of methoxy groups -OCH3 is 1. The lowest BCUT2D eigenvalue weighted by atomic mass is 10.3. The van der Waals surface area contributed by atoms with Gasteiger partial charge in [-0.2, -0.15) is 0 Å². The van der Waals surface area contributed by atoms with Gasteiger partial charge in [-0.3, -0.25) is 0 Å². The summed E-state index contributed by atoms with van der Waals surface area (Å²) >= 11 is 0. The number of rotatable bonds is 5. The summed E-state index contributed by atoms with van der Waals surface area (Å²) in [6, 6.07) is 0. The van der Waals surface area contributed by atoms with Crippen molar-refractivity contribution in [1.82, 2.24) is 5.32 Å². The van der Waals surface area contributed by atoms with Gasteiger partial charge < -0.3 is 19.5 Å². The Kier molecular flexibility index (Phi) is 5.31. The van der Waals surface area contributed by atoms with E-state index in [1.807, 2.05) is 6.92 Å². The van der Waals surface area contributed by atoms with Gasteiger partial charge in [-0.25, -0.2) is 0 Å². The molecule has 2 atom stereocenters. The van der Waals surface area contributed by atoms with Crippen molar-refractivity contribution in [1.29, 1.82) is 0 Å². The number of morpholine rings is 1. The molecule has 2 unspecified atom stereocenters. The number of hydrogen-bond donors (Lipinski definition) is 1. The molecule has 78 valence electrons. The minimum absolute atomic E-state index is 0.163. The Labute approximate surface area is 79.5 Å². The summed E-state index contributed by atoms with van der Waals surface area (Å²) in [5.74, 6) is 0. The monoisotopic (exact) mass is 189 g/mol. The van der Waals surface area contributed by atoms with Crippen LogP contribution in [0.2, 0.25) is 0 Å². The Morgan fingerprint density at radius 3 is 3.08 bits per heavy atom. The van der Waals surface area contributed by atoms with E-state index in [2.05, 4.69) is 5.32 Å². The van der Waals surface area contributed by atoms with Crippen LogP contribution < -0.4 is 5.32 Å². The zero-order valence-electron chi connectivity index (χ0n) is 8.41. The predicted octanol–water partition coefficient (Wildman–Crippen LogP) is 0.0263. The molecule has 0 radical (unpaired) electrons. The summed E-state index contributed by atoms with van der Waals surface area (Å²) < 4.78 is 16.0. The van der Waals surface area contributed by atoms with Gasteiger partial charge in [0.15, 0.2) is 0 Å². The molecule has 1 heterocycles. The first kappa shape index (κ1) is 10.9. The largest absolute Gasteiger partial charge is 0.379 e. The first-order valence-electron chi connectivity index (χ1n) is 4.75. The van der Waals surface area contributed by atoms with Crippen molar-refractivity contribution in [3.8, 4) is 0 Å². The van der Waals surface area contributed by atoms with E-state index in [9.17, 15) is 0 Å². The van der Waals surface area contributed by atoms with Gasteiger partial charge in [-0.1, -0.05) is 0 Å². The lowest BCUT2D eigenvalue weighted by Gasteiger charge is -2.23. The number of nitrogens with one attached hydrogen (secondary N) is 1. The predicted molar refractivity (Wildman–Crippen MR) is 49.9 cm³/mol. The average molecular weight is 189 g/mol. The van der Waals surface area contributed by atoms with Crippen LogP contribution in [-0.4, -0.2) is 52.2 Å². The van der Waals surface area contributed by atoms with Crippen LogP contribution in [0.15, 0.2) is 0 Å². The molecule has 0 bridgehead atoms. The molecule has 4 heteroatoms. The summed E-state index contributed by atoms with van der Waals surface area (Å²) in [5.41, 5.74) is 0. The van der Waals surface area contributed by atoms with Gasteiger partial charge in [0.1, 0.15) is 0 Å². The highest BCUT2D eigenvalue weighted by atomic mass is 16.5. The molecule has 1 fully saturated rings. The SMILES string of the molecule is COC(C)COCC1CNCCO1. The second kappa shape index (κ2) is 6.32. The van der Waals surface area contributed by atoms with Gasteiger partial charge >= 0.3 is 0 Å². The van der Waals surface area contributed by atoms with Gasteiger partial charge in [-0.05, 0) is 6.92 Å². The van der Waals surface area contributed by atoms with Crippen LogP contribution in [0.1, 0.15) is 6.92 Å². The molecule has 0 amide bonds. The Balaban J connectivity index is 1.98. The normalized spacial score (nSPS) is 25.8. The van der Waals surface area contributed by atoms with Crippen LogP contribution in [0.3, 0.4) is 0 Å². The van der Waals surface area contributed by atoms with Gasteiger partial charge in [0, 0.05) is 20.2 Å². The molecule has 1 saturated heterocycles. The van der Waals surface area contributed by atoms with Crippen LogP contribution in [0.4, 0.5) is 0 Å². The fraction of sp³-hybridized carbons (Fsp3) is 1.00. The lowest BCUT2D eigenvalue weighted by Crippen LogP contribution is -2.41. The van der Waals surface area contributed by atoms with Crippen LogP contribution in [0.5, 0.6) is 0 Å². The average Bonchev–Trinajstić information content (AvgIpc) is 2.19. The summed E-state index contributed by atoms with van der Waals surface area (Å²) in [7, 11) is 1.69. The first-order valence-corrected chi connectivity index (χ1v) is 4.75. The van der Waals surface area contributed by atoms with Crippen molar-refractivity contribution in [2.75, 3.05) is 40.0 Å². The highest BCUT2D eigenvalue weighted by Gasteiger charge is 2.13. The minimum atomic E-state index is 0.163. The Morgan fingerprint density at radius 1 is 1.62 bits per heavy atom. The zero-order valence-corrected chi connectivity index (χ0v) is 8.41. The third-order valence-corrected chi connectivity index (χ3v) is 2.06. The molecular formula is C9H19NO3. The number of ether oxygens (including phenoxy) is 3. The summed E-state index contributed by atoms with van der Waals surface area (Å²) in [4.78, 5) is 0. The highest BCUT2D eigenvalue weighted by Crippen LogP contribution is 1.98. The van der Waals surface area contributed by atoms with Gasteiger partial charge in [-0.15, -0.1) is 0 Å². The molecule has 1 aliphatic heterocycles. The van der Waals surface area contributed by atoms with Gasteiger partial charge in [0.25, 0.3) is 0 Å². The first-order chi connectivity index (χ1) is 6.33. The van der Waals surface area contributed by atoms with Crippen LogP contribution in [-0.2, 0) is 14.2 Å². The van der Waals surface area contributed by atoms with E-state index in [1.165, 1.54) is 0 Å². The molecule has 13 heavy (non-hydrogen) atoms. The maximum atomic E-state index is 5.47. The van der Waals surface area contributed by atoms with E-state index in [-0.39, 0.29) is 12.2 Å². The van der Waals surface area contributed by atoms with E-state index in [4.69, 9.17) is 14.2 Å². The van der Waals surface area contributed by atoms with E-state index in [0.717, 1.165) is 19.7 Å². The fourth-order valence-corrected chi connectivity index (χ4v) is 1.16. The summed E-state index contributed by atoms with van der Waals surface area (Å²) in [6.45, 7) is 5.90. The van der Waals surface area contributed by atoms with Crippen LogP contribution in [0.25, 0.3) is 0 Å². The third kappa shape index (κ3) is 4.57. The Hall–Kier alpha value is -0.160. The molecule has 1 N–H and O–H groups in total. The number of hydrogen-bond acceptors (Lipinski definition) is 4. The lowest BCUT2D eigenvalue weighted by molar-refractivity contribution is -0.0530. The van der Waals surface area contributed by atoms with Crippen LogP contribution in [0, 0.1) is 0 Å².